The number of aromatic amines is 1. The predicted molar refractivity (Wildman–Crippen MR) is 82.1 cm³/mol. The molecule has 94 valence electrons. The first-order valence-corrected chi connectivity index (χ1v) is 7.55. The molecule has 0 unspecified atom stereocenters. The van der Waals surface area contributed by atoms with E-state index in [-0.39, 0.29) is 0 Å². The van der Waals surface area contributed by atoms with Gasteiger partial charge in [0.05, 0.1) is 10.4 Å². The Labute approximate surface area is 117 Å². The number of hydrogen-bond donors (Lipinski definition) is 2. The molecule has 0 radical (unpaired) electrons. The molecule has 2 N–H and O–H groups in total. The Balaban J connectivity index is 1.88. The Morgan fingerprint density at radius 3 is 2.95 bits per heavy atom. The topological polar surface area (TPSA) is 53.6 Å². The zero-order valence-electron chi connectivity index (χ0n) is 10.1. The van der Waals surface area contributed by atoms with Crippen molar-refractivity contribution in [2.75, 3.05) is 12.4 Å². The molecule has 0 saturated heterocycles. The fraction of sp³-hybridized carbons (Fsp3) is 0.0769. The zero-order chi connectivity index (χ0) is 12.8. The van der Waals surface area contributed by atoms with Gasteiger partial charge in [0.25, 0.3) is 0 Å². The number of aromatic nitrogens is 3. The summed E-state index contributed by atoms with van der Waals surface area (Å²) >= 11 is 3.51. The minimum Gasteiger partial charge on any atom is -0.373 e. The third-order valence-corrected chi connectivity index (χ3v) is 5.07. The number of rotatable bonds is 2. The van der Waals surface area contributed by atoms with Crippen LogP contribution in [-0.4, -0.2) is 22.0 Å². The standard InChI is InChI=1S/C13H10N4S2/c1-14-11-3-2-7-12(16-11)17-13(15-7)10-6-9-8(19-10)4-5-18-9/h2-6H,1H3,(H2,14,15,16,17). The van der Waals surface area contributed by atoms with Crippen molar-refractivity contribution in [3.05, 3.63) is 29.6 Å². The number of H-pyrrole nitrogens is 1. The summed E-state index contributed by atoms with van der Waals surface area (Å²) in [5, 5.41) is 5.14. The molecule has 0 amide bonds. The fourth-order valence-corrected chi connectivity index (χ4v) is 4.08. The number of anilines is 1. The van der Waals surface area contributed by atoms with Crippen LogP contribution in [0.1, 0.15) is 0 Å². The van der Waals surface area contributed by atoms with Gasteiger partial charge in [0, 0.05) is 16.4 Å². The molecule has 0 aliphatic heterocycles. The molecule has 4 nitrogen and oxygen atoms in total. The second-order valence-electron chi connectivity index (χ2n) is 4.16. The highest BCUT2D eigenvalue weighted by atomic mass is 32.1. The Hall–Kier alpha value is -1.92. The second kappa shape index (κ2) is 4.04. The molecule has 4 heterocycles. The molecule has 0 spiro atoms. The summed E-state index contributed by atoms with van der Waals surface area (Å²) in [5.41, 5.74) is 1.71. The highest BCUT2D eigenvalue weighted by molar-refractivity contribution is 7.28. The van der Waals surface area contributed by atoms with Crippen molar-refractivity contribution < 1.29 is 0 Å². The van der Waals surface area contributed by atoms with E-state index >= 15 is 0 Å². The average molecular weight is 286 g/mol. The Morgan fingerprint density at radius 1 is 1.16 bits per heavy atom. The molecule has 19 heavy (non-hydrogen) atoms. The molecule has 0 aliphatic rings. The van der Waals surface area contributed by atoms with Gasteiger partial charge in [0.15, 0.2) is 11.5 Å². The van der Waals surface area contributed by atoms with E-state index in [4.69, 9.17) is 0 Å². The van der Waals surface area contributed by atoms with Crippen LogP contribution in [0.5, 0.6) is 0 Å². The van der Waals surface area contributed by atoms with Crippen LogP contribution < -0.4 is 5.32 Å². The van der Waals surface area contributed by atoms with Crippen LogP contribution in [0.4, 0.5) is 5.82 Å². The van der Waals surface area contributed by atoms with Gasteiger partial charge >= 0.3 is 0 Å². The molecular weight excluding hydrogens is 276 g/mol. The van der Waals surface area contributed by atoms with E-state index in [1.807, 2.05) is 19.2 Å². The second-order valence-corrected chi connectivity index (χ2v) is 6.19. The lowest BCUT2D eigenvalue weighted by Crippen LogP contribution is -1.91. The van der Waals surface area contributed by atoms with Crippen LogP contribution in [0.15, 0.2) is 29.6 Å². The van der Waals surface area contributed by atoms with Crippen LogP contribution in [0.3, 0.4) is 0 Å². The number of thiophene rings is 2. The number of nitrogens with zero attached hydrogens (tertiary/aromatic N) is 2. The van der Waals surface area contributed by atoms with E-state index in [0.29, 0.717) is 0 Å². The van der Waals surface area contributed by atoms with E-state index in [0.717, 1.165) is 27.7 Å². The highest BCUT2D eigenvalue weighted by Crippen LogP contribution is 2.35. The maximum absolute atomic E-state index is 4.57. The van der Waals surface area contributed by atoms with Gasteiger partial charge in [-0.15, -0.1) is 22.7 Å². The molecule has 0 aromatic carbocycles. The Bertz CT molecular complexity index is 843. The molecule has 6 heteroatoms. The monoisotopic (exact) mass is 286 g/mol. The van der Waals surface area contributed by atoms with Crippen molar-refractivity contribution >= 4 is 49.1 Å². The smallest absolute Gasteiger partial charge is 0.180 e. The van der Waals surface area contributed by atoms with E-state index in [1.54, 1.807) is 22.7 Å². The van der Waals surface area contributed by atoms with E-state index < -0.39 is 0 Å². The van der Waals surface area contributed by atoms with Gasteiger partial charge in [-0.2, -0.15) is 0 Å². The van der Waals surface area contributed by atoms with Gasteiger partial charge in [0.1, 0.15) is 5.82 Å². The lowest BCUT2D eigenvalue weighted by atomic mass is 10.4. The van der Waals surface area contributed by atoms with Crippen molar-refractivity contribution in [1.82, 2.24) is 15.0 Å². The van der Waals surface area contributed by atoms with Crippen molar-refractivity contribution in [3.63, 3.8) is 0 Å². The molecular formula is C13H10N4S2. The van der Waals surface area contributed by atoms with E-state index in [2.05, 4.69) is 37.8 Å². The van der Waals surface area contributed by atoms with Gasteiger partial charge in [-0.05, 0) is 29.6 Å². The first-order chi connectivity index (χ1) is 9.33. The van der Waals surface area contributed by atoms with Gasteiger partial charge in [-0.1, -0.05) is 0 Å². The van der Waals surface area contributed by atoms with Crippen LogP contribution >= 0.6 is 22.7 Å². The van der Waals surface area contributed by atoms with Gasteiger partial charge in [-0.25, -0.2) is 9.97 Å². The zero-order valence-corrected chi connectivity index (χ0v) is 11.7. The summed E-state index contributed by atoms with van der Waals surface area (Å²) in [5.74, 6) is 1.72. The first-order valence-electron chi connectivity index (χ1n) is 5.85. The van der Waals surface area contributed by atoms with Gasteiger partial charge in [-0.3, -0.25) is 0 Å². The number of pyridine rings is 1. The minimum atomic E-state index is 0.749. The quantitative estimate of drug-likeness (QED) is 0.587. The molecule has 0 fully saturated rings. The summed E-state index contributed by atoms with van der Waals surface area (Å²) < 4.78 is 2.62. The highest BCUT2D eigenvalue weighted by Gasteiger charge is 2.10. The van der Waals surface area contributed by atoms with Crippen LogP contribution in [0.2, 0.25) is 0 Å². The number of nitrogens with one attached hydrogen (secondary N) is 2. The third kappa shape index (κ3) is 1.72. The number of hydrogen-bond acceptors (Lipinski definition) is 5. The lowest BCUT2D eigenvalue weighted by Gasteiger charge is -1.95. The SMILES string of the molecule is CNc1ccc2[nH]c(-c3cc4sccc4s3)nc2n1. The maximum atomic E-state index is 4.57. The van der Waals surface area contributed by atoms with E-state index in [9.17, 15) is 0 Å². The first kappa shape index (κ1) is 11.0. The molecule has 0 aliphatic carbocycles. The fourth-order valence-electron chi connectivity index (χ4n) is 2.03. The summed E-state index contributed by atoms with van der Waals surface area (Å²) in [7, 11) is 1.86. The van der Waals surface area contributed by atoms with Crippen molar-refractivity contribution in [3.8, 4) is 10.7 Å². The van der Waals surface area contributed by atoms with Gasteiger partial charge < -0.3 is 10.3 Å². The molecule has 4 aromatic rings. The normalized spacial score (nSPS) is 11.4. The van der Waals surface area contributed by atoms with Gasteiger partial charge in [0.2, 0.25) is 0 Å². The largest absolute Gasteiger partial charge is 0.373 e. The number of imidazole rings is 1. The van der Waals surface area contributed by atoms with Crippen molar-refractivity contribution in [2.24, 2.45) is 0 Å². The van der Waals surface area contributed by atoms with E-state index in [1.165, 1.54) is 9.40 Å². The van der Waals surface area contributed by atoms with Crippen molar-refractivity contribution in [1.29, 1.82) is 0 Å². The number of fused-ring (bicyclic) bond motifs is 2. The molecule has 4 aromatic heterocycles. The van der Waals surface area contributed by atoms with Crippen LogP contribution in [0, 0.1) is 0 Å². The molecule has 0 saturated carbocycles. The van der Waals surface area contributed by atoms with Crippen molar-refractivity contribution in [2.45, 2.75) is 0 Å². The summed E-state index contributed by atoms with van der Waals surface area (Å²) in [6.45, 7) is 0. The predicted octanol–water partition coefficient (Wildman–Crippen LogP) is 3.94. The summed E-state index contributed by atoms with van der Waals surface area (Å²) in [4.78, 5) is 13.5. The third-order valence-electron chi connectivity index (χ3n) is 2.97. The Morgan fingerprint density at radius 2 is 2.11 bits per heavy atom. The maximum Gasteiger partial charge on any atom is 0.180 e. The minimum absolute atomic E-state index is 0.749. The average Bonchev–Trinajstić information content (AvgIpc) is 3.10. The van der Waals surface area contributed by atoms with Crippen LogP contribution in [-0.2, 0) is 0 Å². The summed E-state index contributed by atoms with van der Waals surface area (Å²) in [6.07, 6.45) is 0. The lowest BCUT2D eigenvalue weighted by molar-refractivity contribution is 1.29. The Kier molecular flexibility index (Phi) is 2.33. The summed E-state index contributed by atoms with van der Waals surface area (Å²) in [6, 6.07) is 8.27. The molecule has 0 atom stereocenters. The molecule has 4 rings (SSSR count). The molecule has 0 bridgehead atoms. The van der Waals surface area contributed by atoms with Crippen LogP contribution in [0.25, 0.3) is 31.3 Å².